The second-order valence-corrected chi connectivity index (χ2v) is 0. The Labute approximate surface area is 66.8 Å². The Morgan fingerprint density at radius 2 is 0.556 bits per heavy atom. The summed E-state index contributed by atoms with van der Waals surface area (Å²) in [7, 11) is 0. The van der Waals surface area contributed by atoms with Crippen LogP contribution >= 0.6 is 0 Å². The molecule has 0 unspecified atom stereocenters. The van der Waals surface area contributed by atoms with Crippen molar-refractivity contribution < 1.29 is 38.8 Å². The minimum atomic E-state index is 0. The second kappa shape index (κ2) is 416. The van der Waals surface area contributed by atoms with Crippen LogP contribution in [0.4, 0.5) is 0 Å². The third-order valence-corrected chi connectivity index (χ3v) is 0. The maximum atomic E-state index is 7.50. The predicted octanol–water partition coefficient (Wildman–Crippen LogP) is -1.37. The van der Waals surface area contributed by atoms with Gasteiger partial charge in [0.15, 0.2) is 0 Å². The normalized spacial score (nSPS) is 1.78. The molecule has 0 atom stereocenters. The minimum absolute atomic E-state index is 0. The van der Waals surface area contributed by atoms with E-state index in [4.69, 9.17) is 19.2 Å². The summed E-state index contributed by atoms with van der Waals surface area (Å²) in [5.41, 5.74) is 0. The van der Waals surface area contributed by atoms with Gasteiger partial charge >= 0.3 is 16.8 Å². The first-order valence-electron chi connectivity index (χ1n) is 0.816. The van der Waals surface area contributed by atoms with Gasteiger partial charge in [0.2, 0.25) is 0 Å². The fourth-order valence-corrected chi connectivity index (χ4v) is 0. The first-order chi connectivity index (χ1) is 4.00. The summed E-state index contributed by atoms with van der Waals surface area (Å²) < 4.78 is 0. The third-order valence-electron chi connectivity index (χ3n) is 0. The molecule has 9 heavy (non-hydrogen) atoms. The molecule has 0 spiro atoms. The molecule has 0 N–H and O–H groups in total. The second-order valence-electron chi connectivity index (χ2n) is 0. The maximum Gasteiger partial charge on any atom is 2.00 e. The van der Waals surface area contributed by atoms with E-state index in [1.807, 2.05) is 0 Å². The molecular formula is C4H2CoO4. The van der Waals surface area contributed by atoms with E-state index in [2.05, 4.69) is 27.2 Å². The number of hydrogen-bond acceptors (Lipinski definition) is 4. The molecule has 0 rings (SSSR count). The Kier molecular flexibility index (Phi) is 1920. The molecular weight excluding hydrogens is 171 g/mol. The molecule has 4 nitrogen and oxygen atoms in total. The zero-order valence-electron chi connectivity index (χ0n) is 5.97. The monoisotopic (exact) mass is 173 g/mol. The van der Waals surface area contributed by atoms with Crippen molar-refractivity contribution in [2.75, 3.05) is 0 Å². The van der Waals surface area contributed by atoms with E-state index >= 15 is 0 Å². The Morgan fingerprint density at radius 3 is 0.556 bits per heavy atom. The zero-order valence-corrected chi connectivity index (χ0v) is 5.01. The first-order valence-corrected chi connectivity index (χ1v) is 0.816. The van der Waals surface area contributed by atoms with Gasteiger partial charge in [0.25, 0.3) is 27.2 Å². The molecule has 0 bridgehead atoms. The topological polar surface area (TPSA) is 68.3 Å². The molecule has 0 fully saturated rings. The summed E-state index contributed by atoms with van der Waals surface area (Å²) in [5.74, 6) is 0. The van der Waals surface area contributed by atoms with Crippen LogP contribution in [0.2, 0.25) is 0 Å². The van der Waals surface area contributed by atoms with Crippen LogP contribution < -0.4 is 0 Å². The molecule has 51 valence electrons. The number of rotatable bonds is 0. The van der Waals surface area contributed by atoms with Crippen LogP contribution in [0.3, 0.4) is 0 Å². The first kappa shape index (κ1) is 41.6. The van der Waals surface area contributed by atoms with Crippen LogP contribution in [0.25, 0.3) is 0 Å². The number of hydrogen-bond donors (Lipinski definition) is 0. The van der Waals surface area contributed by atoms with Crippen LogP contribution in [-0.4, -0.2) is 27.2 Å². The minimum Gasteiger partial charge on any atom is -1.00 e. The average molecular weight is 173 g/mol. The van der Waals surface area contributed by atoms with E-state index < -0.39 is 0 Å². The maximum absolute atomic E-state index is 7.50. The summed E-state index contributed by atoms with van der Waals surface area (Å²) in [6, 6.07) is 0. The molecule has 0 saturated heterocycles. The van der Waals surface area contributed by atoms with Crippen molar-refractivity contribution in [3.8, 4) is 0 Å². The summed E-state index contributed by atoms with van der Waals surface area (Å²) >= 11 is 0. The van der Waals surface area contributed by atoms with Crippen molar-refractivity contribution in [3.05, 3.63) is 0 Å². The average Bonchev–Trinajstić information content (AvgIpc) is 2.03. The van der Waals surface area contributed by atoms with E-state index in [0.717, 1.165) is 0 Å². The van der Waals surface area contributed by atoms with Gasteiger partial charge in [-0.15, -0.1) is 0 Å². The quantitative estimate of drug-likeness (QED) is 0.453. The molecule has 0 saturated carbocycles. The van der Waals surface area contributed by atoms with Crippen LogP contribution in [-0.2, 0) is 36.0 Å². The van der Waals surface area contributed by atoms with Crippen molar-refractivity contribution >= 4 is 27.2 Å². The molecule has 0 heterocycles. The van der Waals surface area contributed by atoms with Crippen LogP contribution in [0.15, 0.2) is 0 Å². The van der Waals surface area contributed by atoms with Crippen molar-refractivity contribution in [3.63, 3.8) is 0 Å². The zero-order chi connectivity index (χ0) is 8.00. The van der Waals surface area contributed by atoms with E-state index in [0.29, 0.717) is 0 Å². The molecule has 0 aromatic rings. The van der Waals surface area contributed by atoms with Gasteiger partial charge in [-0.1, -0.05) is 0 Å². The molecule has 0 amide bonds. The molecule has 0 aliphatic heterocycles. The van der Waals surface area contributed by atoms with Crippen LogP contribution in [0.1, 0.15) is 2.85 Å². The van der Waals surface area contributed by atoms with Crippen molar-refractivity contribution in [1.82, 2.24) is 0 Å². The number of carbonyl (C=O) groups excluding carboxylic acids is 4. The van der Waals surface area contributed by atoms with Crippen molar-refractivity contribution in [2.45, 2.75) is 0 Å². The van der Waals surface area contributed by atoms with Gasteiger partial charge in [0, 0.05) is 0 Å². The smallest absolute Gasteiger partial charge is 1.00 e. The molecule has 0 aliphatic rings. The fourth-order valence-electron chi connectivity index (χ4n) is 0. The molecule has 5 heteroatoms. The van der Waals surface area contributed by atoms with Gasteiger partial charge < -0.3 is 2.85 Å². The van der Waals surface area contributed by atoms with Gasteiger partial charge in [-0.05, 0) is 0 Å². The summed E-state index contributed by atoms with van der Waals surface area (Å²) in [5, 5.41) is 0. The Morgan fingerprint density at radius 1 is 0.556 bits per heavy atom. The van der Waals surface area contributed by atoms with Gasteiger partial charge in [0.05, 0.1) is 0 Å². The SMILES string of the molecule is [C]=O.[C]=O.[C]=O.[C]=O.[Co+2].[H-].[H-]. The predicted molar refractivity (Wildman–Crippen MR) is 25.0 cm³/mol. The molecule has 0 aliphatic carbocycles. The fraction of sp³-hybridized carbons (Fsp3) is 0. The third kappa shape index (κ3) is 292. The van der Waals surface area contributed by atoms with Crippen LogP contribution in [0, 0.1) is 0 Å². The molecule has 9 radical (unpaired) electrons. The van der Waals surface area contributed by atoms with Crippen molar-refractivity contribution in [2.24, 2.45) is 0 Å². The van der Waals surface area contributed by atoms with E-state index in [-0.39, 0.29) is 19.6 Å². The van der Waals surface area contributed by atoms with Gasteiger partial charge in [-0.2, -0.15) is 0 Å². The van der Waals surface area contributed by atoms with E-state index in [1.165, 1.54) is 0 Å². The Balaban J connectivity index is -0.00000000356. The Bertz CT molecular complexity index is 28.1. The largest absolute Gasteiger partial charge is 2.00 e. The van der Waals surface area contributed by atoms with Gasteiger partial charge in [0.1, 0.15) is 0 Å². The molecule has 0 aromatic heterocycles. The molecule has 0 aromatic carbocycles. The van der Waals surface area contributed by atoms with Gasteiger partial charge in [-0.3, -0.25) is 19.2 Å². The standard InChI is InChI=1S/4CO.Co.2H/c4*1-2;;;/q;;;;+2;2*-1. The van der Waals surface area contributed by atoms with Crippen LogP contribution in [0.5, 0.6) is 0 Å². The summed E-state index contributed by atoms with van der Waals surface area (Å²) in [4.78, 5) is 30.0. The Hall–Kier alpha value is -0.814. The summed E-state index contributed by atoms with van der Waals surface area (Å²) in [6.45, 7) is 18.0. The van der Waals surface area contributed by atoms with E-state index in [1.54, 1.807) is 0 Å². The summed E-state index contributed by atoms with van der Waals surface area (Å²) in [6.07, 6.45) is 0. The van der Waals surface area contributed by atoms with E-state index in [9.17, 15) is 0 Å². The van der Waals surface area contributed by atoms with Gasteiger partial charge in [-0.25, -0.2) is 0 Å². The van der Waals surface area contributed by atoms with Crippen molar-refractivity contribution in [1.29, 1.82) is 0 Å².